The van der Waals surface area contributed by atoms with Crippen LogP contribution in [0.15, 0.2) is 206 Å². The molecule has 4 nitrogen and oxygen atoms in total. The molecule has 0 spiro atoms. The Balaban J connectivity index is 0.815. The average Bonchev–Trinajstić information content (AvgIpc) is 1.64. The minimum absolute atomic E-state index is 0.250. The molecular formula is C78H66N4. The average molecular weight is 1060 g/mol. The Hall–Kier alpha value is -8.86. The standard InChI is InChI=1S/C78H66N4/c1-75(2)59-29-17-21-33-71(59)81(49-35-37-69-57(39-49)51-27-15-19-31-67(51)79(69)47-23-11-9-12-24-47)73-45-63-55(43-65(73)75)53-41-62-54(42-61(53)77(63,5)6)56-44-66-74(46-64(56)78(62,7)8)82(72-34-22-18-30-60(72)76(66,3)4)50-36-38-70-58(40-50)52-28-16-20-32-68(52)80(70)48-25-13-10-14-26-48/h9-19,21-23,25-31,33-47H,20,24,32H2,1-8H3. The third kappa shape index (κ3) is 6.22. The van der Waals surface area contributed by atoms with Crippen molar-refractivity contribution < 1.29 is 0 Å². The zero-order valence-corrected chi connectivity index (χ0v) is 48.2. The SMILES string of the molecule is CC1(C)c2cc3c(cc2-c2cc4c(cc21)N(c1ccc2c(c1)c1c(n2-c2ccccc2)CCC=C1)c1ccccc1C4(C)C)C(C)(C)c1cc2c(cc1-3)C(C)(C)c1ccccc1N2c1ccc2c(c1)c1ccccc1n2C1C=CC=CC1. The van der Waals surface area contributed by atoms with E-state index < -0.39 is 0 Å². The minimum Gasteiger partial charge on any atom is -0.333 e. The highest BCUT2D eigenvalue weighted by Gasteiger charge is 2.47. The monoisotopic (exact) mass is 1060 g/mol. The molecule has 0 bridgehead atoms. The maximum absolute atomic E-state index is 2.62. The number of hydrogen-bond donors (Lipinski definition) is 0. The first-order valence-electron chi connectivity index (χ1n) is 29.8. The molecule has 2 aliphatic heterocycles. The molecule has 4 heterocycles. The fourth-order valence-electron chi connectivity index (χ4n) is 16.4. The van der Waals surface area contributed by atoms with Crippen molar-refractivity contribution in [1.29, 1.82) is 0 Å². The van der Waals surface area contributed by atoms with Gasteiger partial charge in [0.1, 0.15) is 0 Å². The number of para-hydroxylation sites is 4. The number of aromatic nitrogens is 2. The number of benzene rings is 9. The molecule has 1 atom stereocenters. The molecule has 6 aliphatic rings. The second-order valence-corrected chi connectivity index (χ2v) is 26.4. The van der Waals surface area contributed by atoms with Gasteiger partial charge >= 0.3 is 0 Å². The van der Waals surface area contributed by atoms with Crippen LogP contribution >= 0.6 is 0 Å². The van der Waals surface area contributed by atoms with Crippen LogP contribution in [0.3, 0.4) is 0 Å². The topological polar surface area (TPSA) is 16.3 Å². The molecule has 9 aromatic carbocycles. The normalized spacial score (nSPS) is 18.4. The number of fused-ring (bicyclic) bond motifs is 16. The van der Waals surface area contributed by atoms with E-state index in [9.17, 15) is 0 Å². The van der Waals surface area contributed by atoms with Crippen molar-refractivity contribution >= 4 is 72.9 Å². The second-order valence-electron chi connectivity index (χ2n) is 26.4. The van der Waals surface area contributed by atoms with E-state index in [1.54, 1.807) is 0 Å². The van der Waals surface area contributed by atoms with Gasteiger partial charge in [0.2, 0.25) is 0 Å². The van der Waals surface area contributed by atoms with Gasteiger partial charge in [-0.15, -0.1) is 0 Å². The van der Waals surface area contributed by atoms with Gasteiger partial charge in [-0.25, -0.2) is 0 Å². The quantitative estimate of drug-likeness (QED) is 0.175. The van der Waals surface area contributed by atoms with Crippen LogP contribution in [0.4, 0.5) is 34.1 Å². The van der Waals surface area contributed by atoms with Crippen LogP contribution in [0, 0.1) is 0 Å². The summed E-state index contributed by atoms with van der Waals surface area (Å²) in [5.41, 5.74) is 30.7. The minimum atomic E-state index is -0.260. The number of anilines is 6. The molecule has 17 rings (SSSR count). The lowest BCUT2D eigenvalue weighted by atomic mass is 9.71. The number of hydrogen-bond acceptors (Lipinski definition) is 2. The molecule has 0 radical (unpaired) electrons. The van der Waals surface area contributed by atoms with Gasteiger partial charge in [0, 0.05) is 77.2 Å². The summed E-state index contributed by atoms with van der Waals surface area (Å²) < 4.78 is 5.06. The highest BCUT2D eigenvalue weighted by Crippen LogP contribution is 2.63. The van der Waals surface area contributed by atoms with E-state index in [2.05, 4.69) is 287 Å². The molecule has 0 saturated carbocycles. The highest BCUT2D eigenvalue weighted by molar-refractivity contribution is 6.10. The van der Waals surface area contributed by atoms with Gasteiger partial charge in [0.05, 0.1) is 34.3 Å². The first-order chi connectivity index (χ1) is 39.7. The van der Waals surface area contributed by atoms with Crippen molar-refractivity contribution in [2.75, 3.05) is 9.80 Å². The molecule has 82 heavy (non-hydrogen) atoms. The third-order valence-corrected chi connectivity index (χ3v) is 20.6. The third-order valence-electron chi connectivity index (χ3n) is 20.6. The molecule has 0 fully saturated rings. The van der Waals surface area contributed by atoms with Crippen LogP contribution < -0.4 is 9.80 Å². The summed E-state index contributed by atoms with van der Waals surface area (Å²) in [6, 6.07) is 68.6. The summed E-state index contributed by atoms with van der Waals surface area (Å²) in [5.74, 6) is 0. The molecule has 2 aromatic heterocycles. The Labute approximate surface area is 481 Å². The van der Waals surface area contributed by atoms with Crippen molar-refractivity contribution in [3.8, 4) is 27.9 Å². The van der Waals surface area contributed by atoms with Gasteiger partial charge in [-0.2, -0.15) is 0 Å². The summed E-state index contributed by atoms with van der Waals surface area (Å²) >= 11 is 0. The summed E-state index contributed by atoms with van der Waals surface area (Å²) in [4.78, 5) is 5.17. The van der Waals surface area contributed by atoms with E-state index in [1.807, 2.05) is 0 Å². The fourth-order valence-corrected chi connectivity index (χ4v) is 16.4. The van der Waals surface area contributed by atoms with Crippen molar-refractivity contribution in [2.24, 2.45) is 0 Å². The van der Waals surface area contributed by atoms with E-state index >= 15 is 0 Å². The lowest BCUT2D eigenvalue weighted by Gasteiger charge is -2.43. The van der Waals surface area contributed by atoms with Crippen molar-refractivity contribution in [3.05, 3.63) is 262 Å². The molecular weight excluding hydrogens is 993 g/mol. The number of allylic oxidation sites excluding steroid dienone is 5. The molecule has 398 valence electrons. The zero-order valence-electron chi connectivity index (χ0n) is 48.2. The highest BCUT2D eigenvalue weighted by atomic mass is 15.2. The lowest BCUT2D eigenvalue weighted by molar-refractivity contribution is 0.627. The van der Waals surface area contributed by atoms with E-state index in [-0.39, 0.29) is 27.7 Å². The van der Waals surface area contributed by atoms with Crippen LogP contribution in [0.5, 0.6) is 0 Å². The van der Waals surface area contributed by atoms with E-state index in [0.29, 0.717) is 0 Å². The molecule has 11 aromatic rings. The van der Waals surface area contributed by atoms with Gasteiger partial charge in [-0.05, 0) is 189 Å². The first-order valence-corrected chi connectivity index (χ1v) is 29.8. The largest absolute Gasteiger partial charge is 0.333 e. The van der Waals surface area contributed by atoms with Crippen LogP contribution in [0.1, 0.15) is 130 Å². The molecule has 1 unspecified atom stereocenters. The van der Waals surface area contributed by atoms with Crippen molar-refractivity contribution in [3.63, 3.8) is 0 Å². The van der Waals surface area contributed by atoms with Crippen LogP contribution in [-0.2, 0) is 28.1 Å². The molecule has 0 saturated heterocycles. The van der Waals surface area contributed by atoms with Gasteiger partial charge < -0.3 is 18.9 Å². The Bertz CT molecular complexity index is 4730. The maximum atomic E-state index is 2.62. The molecule has 0 amide bonds. The molecule has 4 heteroatoms. The first kappa shape index (κ1) is 47.9. The van der Waals surface area contributed by atoms with E-state index in [4.69, 9.17) is 0 Å². The maximum Gasteiger partial charge on any atom is 0.0560 e. The van der Waals surface area contributed by atoms with Crippen LogP contribution in [0.2, 0.25) is 0 Å². The van der Waals surface area contributed by atoms with E-state index in [1.165, 1.54) is 151 Å². The lowest BCUT2D eigenvalue weighted by Crippen LogP contribution is -2.31. The van der Waals surface area contributed by atoms with Gasteiger partial charge in [0.15, 0.2) is 0 Å². The predicted molar refractivity (Wildman–Crippen MR) is 344 cm³/mol. The fraction of sp³-hybridized carbons (Fsp3) is 0.205. The number of nitrogens with zero attached hydrogens (tertiary/aromatic N) is 4. The van der Waals surface area contributed by atoms with E-state index in [0.717, 1.165) is 19.3 Å². The molecule has 4 aliphatic carbocycles. The van der Waals surface area contributed by atoms with Crippen molar-refractivity contribution in [2.45, 2.75) is 102 Å². The van der Waals surface area contributed by atoms with Crippen LogP contribution in [-0.4, -0.2) is 9.13 Å². The summed E-state index contributed by atoms with van der Waals surface area (Å²) in [6.45, 7) is 19.7. The van der Waals surface area contributed by atoms with Crippen LogP contribution in [0.25, 0.3) is 66.7 Å². The van der Waals surface area contributed by atoms with Gasteiger partial charge in [-0.3, -0.25) is 0 Å². The Morgan fingerprint density at radius 2 is 0.878 bits per heavy atom. The smallest absolute Gasteiger partial charge is 0.0560 e. The van der Waals surface area contributed by atoms with Gasteiger partial charge in [0.25, 0.3) is 0 Å². The Kier molecular flexibility index (Phi) is 9.59. The molecule has 0 N–H and O–H groups in total. The predicted octanol–water partition coefficient (Wildman–Crippen LogP) is 20.6. The summed E-state index contributed by atoms with van der Waals surface area (Å²) in [6.07, 6.45) is 16.8. The Morgan fingerprint density at radius 3 is 1.48 bits per heavy atom. The summed E-state index contributed by atoms with van der Waals surface area (Å²) in [7, 11) is 0. The summed E-state index contributed by atoms with van der Waals surface area (Å²) in [5, 5.41) is 3.89. The van der Waals surface area contributed by atoms with Gasteiger partial charge in [-0.1, -0.05) is 165 Å². The second kappa shape index (κ2) is 16.4. The van der Waals surface area contributed by atoms with Crippen molar-refractivity contribution in [1.82, 2.24) is 9.13 Å². The number of rotatable bonds is 4. The zero-order chi connectivity index (χ0) is 55.3. The Morgan fingerprint density at radius 1 is 0.378 bits per heavy atom.